The molecule has 0 saturated heterocycles. The molecule has 1 aromatic carbocycles. The summed E-state index contributed by atoms with van der Waals surface area (Å²) in [5.41, 5.74) is 2.21. The van der Waals surface area contributed by atoms with Gasteiger partial charge in [0.2, 0.25) is 0 Å². The van der Waals surface area contributed by atoms with E-state index in [-0.39, 0.29) is 18.2 Å². The van der Waals surface area contributed by atoms with Gasteiger partial charge in [0.25, 0.3) is 0 Å². The average molecular weight is 260 g/mol. The minimum absolute atomic E-state index is 0.160. The van der Waals surface area contributed by atoms with Crippen LogP contribution in [0.4, 0.5) is 10.5 Å². The van der Waals surface area contributed by atoms with Gasteiger partial charge in [0, 0.05) is 16.8 Å². The van der Waals surface area contributed by atoms with Crippen molar-refractivity contribution in [2.45, 2.75) is 33.2 Å². The van der Waals surface area contributed by atoms with E-state index in [1.807, 2.05) is 39.8 Å². The molecule has 3 N–H and O–H groups in total. The summed E-state index contributed by atoms with van der Waals surface area (Å²) in [7, 11) is 0. The molecule has 0 spiro atoms. The van der Waals surface area contributed by atoms with E-state index in [4.69, 9.17) is 5.11 Å². The summed E-state index contributed by atoms with van der Waals surface area (Å²) in [5, 5.41) is 14.3. The molecule has 0 heterocycles. The highest BCUT2D eigenvalue weighted by molar-refractivity contribution is 5.90. The number of nitrogens with one attached hydrogen (secondary N) is 2. The molecule has 19 heavy (non-hydrogen) atoms. The third-order valence-corrected chi connectivity index (χ3v) is 2.27. The summed E-state index contributed by atoms with van der Waals surface area (Å²) in [5.74, 6) is 5.41. The Morgan fingerprint density at radius 3 is 2.58 bits per heavy atom. The number of carbonyl (C=O) groups excluding carboxylic acids is 1. The molecule has 0 aromatic heterocycles. The fourth-order valence-electron chi connectivity index (χ4n) is 1.52. The number of hydrogen-bond acceptors (Lipinski definition) is 2. The first kappa shape index (κ1) is 15.1. The molecule has 0 aliphatic carbocycles. The fourth-order valence-corrected chi connectivity index (χ4v) is 1.52. The number of benzene rings is 1. The van der Waals surface area contributed by atoms with Crippen LogP contribution in [0.3, 0.4) is 0 Å². The van der Waals surface area contributed by atoms with Crippen LogP contribution in [0.15, 0.2) is 18.2 Å². The van der Waals surface area contributed by atoms with Crippen molar-refractivity contribution < 1.29 is 9.90 Å². The van der Waals surface area contributed by atoms with Gasteiger partial charge in [-0.25, -0.2) is 4.79 Å². The molecule has 102 valence electrons. The molecule has 4 nitrogen and oxygen atoms in total. The minimum atomic E-state index is -0.273. The highest BCUT2D eigenvalue weighted by Crippen LogP contribution is 2.16. The fraction of sp³-hybridized carbons (Fsp3) is 0.400. The van der Waals surface area contributed by atoms with Gasteiger partial charge in [-0.1, -0.05) is 11.8 Å². The van der Waals surface area contributed by atoms with Crippen LogP contribution in [0.25, 0.3) is 0 Å². The number of urea groups is 1. The van der Waals surface area contributed by atoms with Gasteiger partial charge in [0.05, 0.1) is 0 Å². The van der Waals surface area contributed by atoms with Crippen molar-refractivity contribution in [3.05, 3.63) is 29.3 Å². The predicted molar refractivity (Wildman–Crippen MR) is 77.1 cm³/mol. The maximum absolute atomic E-state index is 11.8. The van der Waals surface area contributed by atoms with Crippen molar-refractivity contribution in [3.63, 3.8) is 0 Å². The van der Waals surface area contributed by atoms with Crippen LogP contribution in [0.2, 0.25) is 0 Å². The number of amides is 2. The van der Waals surface area contributed by atoms with Gasteiger partial charge in [0.15, 0.2) is 0 Å². The Balaban J connectivity index is 2.78. The van der Waals surface area contributed by atoms with E-state index >= 15 is 0 Å². The molecular formula is C15H20N2O2. The van der Waals surface area contributed by atoms with Crippen LogP contribution >= 0.6 is 0 Å². The third kappa shape index (κ3) is 5.45. The van der Waals surface area contributed by atoms with Gasteiger partial charge in [-0.3, -0.25) is 0 Å². The molecule has 2 amide bonds. The zero-order chi connectivity index (χ0) is 14.5. The first-order valence-electron chi connectivity index (χ1n) is 6.11. The van der Waals surface area contributed by atoms with Gasteiger partial charge < -0.3 is 15.7 Å². The lowest BCUT2D eigenvalue weighted by Gasteiger charge is -2.21. The Hall–Kier alpha value is -1.99. The summed E-state index contributed by atoms with van der Waals surface area (Å²) in [6.07, 6.45) is 0. The Morgan fingerprint density at radius 2 is 2.05 bits per heavy atom. The normalized spacial score (nSPS) is 10.4. The second-order valence-electron chi connectivity index (χ2n) is 5.32. The first-order chi connectivity index (χ1) is 8.81. The summed E-state index contributed by atoms with van der Waals surface area (Å²) >= 11 is 0. The number of aliphatic hydroxyl groups is 1. The van der Waals surface area contributed by atoms with E-state index in [1.54, 1.807) is 6.07 Å². The molecule has 1 aromatic rings. The zero-order valence-corrected chi connectivity index (χ0v) is 11.8. The van der Waals surface area contributed by atoms with Gasteiger partial charge in [0.1, 0.15) is 6.61 Å². The summed E-state index contributed by atoms with van der Waals surface area (Å²) in [4.78, 5) is 11.8. The Kier molecular flexibility index (Phi) is 4.96. The lowest BCUT2D eigenvalue weighted by Crippen LogP contribution is -2.43. The van der Waals surface area contributed by atoms with E-state index in [1.165, 1.54) is 0 Å². The van der Waals surface area contributed by atoms with Gasteiger partial charge in [-0.2, -0.15) is 0 Å². The van der Waals surface area contributed by atoms with E-state index in [0.717, 1.165) is 16.8 Å². The lowest BCUT2D eigenvalue weighted by molar-refractivity contribution is 0.244. The quantitative estimate of drug-likeness (QED) is 0.678. The second-order valence-corrected chi connectivity index (χ2v) is 5.32. The number of hydrogen-bond donors (Lipinski definition) is 3. The zero-order valence-electron chi connectivity index (χ0n) is 11.8. The largest absolute Gasteiger partial charge is 0.384 e. The Labute approximate surface area is 114 Å². The molecule has 0 unspecified atom stereocenters. The molecule has 0 radical (unpaired) electrons. The van der Waals surface area contributed by atoms with Crippen molar-refractivity contribution in [2.75, 3.05) is 11.9 Å². The van der Waals surface area contributed by atoms with Gasteiger partial charge >= 0.3 is 6.03 Å². The standard InChI is InChI=1S/C15H20N2O2/c1-11-10-12(6-5-9-18)7-8-13(11)16-14(19)17-15(2,3)4/h7-8,10,18H,9H2,1-4H3,(H2,16,17,19). The number of aryl methyl sites for hydroxylation is 1. The van der Waals surface area contributed by atoms with Crippen molar-refractivity contribution in [2.24, 2.45) is 0 Å². The molecule has 0 bridgehead atoms. The van der Waals surface area contributed by atoms with Gasteiger partial charge in [-0.15, -0.1) is 0 Å². The Bertz CT molecular complexity index is 519. The molecular weight excluding hydrogens is 240 g/mol. The highest BCUT2D eigenvalue weighted by atomic mass is 16.2. The van der Waals surface area contributed by atoms with Gasteiger partial charge in [-0.05, 0) is 51.5 Å². The molecule has 1 rings (SSSR count). The van der Waals surface area contributed by atoms with E-state index in [0.29, 0.717) is 0 Å². The number of anilines is 1. The van der Waals surface area contributed by atoms with Crippen LogP contribution in [0.1, 0.15) is 31.9 Å². The van der Waals surface area contributed by atoms with Crippen molar-refractivity contribution in [1.82, 2.24) is 5.32 Å². The summed E-state index contributed by atoms with van der Waals surface area (Å²) in [6.45, 7) is 7.51. The molecule has 0 fully saturated rings. The van der Waals surface area contributed by atoms with E-state index in [2.05, 4.69) is 22.5 Å². The molecule has 0 saturated carbocycles. The maximum Gasteiger partial charge on any atom is 0.319 e. The van der Waals surface area contributed by atoms with Crippen LogP contribution < -0.4 is 10.6 Å². The molecule has 0 aliphatic rings. The number of rotatable bonds is 1. The topological polar surface area (TPSA) is 61.4 Å². The lowest BCUT2D eigenvalue weighted by atomic mass is 10.1. The summed E-state index contributed by atoms with van der Waals surface area (Å²) in [6, 6.07) is 5.25. The van der Waals surface area contributed by atoms with Crippen LogP contribution in [0.5, 0.6) is 0 Å². The van der Waals surface area contributed by atoms with Crippen LogP contribution in [0, 0.1) is 18.8 Å². The predicted octanol–water partition coefficient (Wildman–Crippen LogP) is 2.26. The second kappa shape index (κ2) is 6.26. The molecule has 0 aliphatic heterocycles. The number of carbonyl (C=O) groups is 1. The monoisotopic (exact) mass is 260 g/mol. The molecule has 0 atom stereocenters. The highest BCUT2D eigenvalue weighted by Gasteiger charge is 2.14. The number of aliphatic hydroxyl groups excluding tert-OH is 1. The van der Waals surface area contributed by atoms with Crippen molar-refractivity contribution >= 4 is 11.7 Å². The van der Waals surface area contributed by atoms with E-state index in [9.17, 15) is 4.79 Å². The third-order valence-electron chi connectivity index (χ3n) is 2.27. The Morgan fingerprint density at radius 1 is 1.37 bits per heavy atom. The van der Waals surface area contributed by atoms with E-state index < -0.39 is 0 Å². The van der Waals surface area contributed by atoms with Crippen molar-refractivity contribution in [1.29, 1.82) is 0 Å². The SMILES string of the molecule is Cc1cc(C#CCO)ccc1NC(=O)NC(C)(C)C. The van der Waals surface area contributed by atoms with Crippen LogP contribution in [-0.2, 0) is 0 Å². The summed E-state index contributed by atoms with van der Waals surface area (Å²) < 4.78 is 0. The van der Waals surface area contributed by atoms with Crippen LogP contribution in [-0.4, -0.2) is 23.3 Å². The van der Waals surface area contributed by atoms with Crippen molar-refractivity contribution in [3.8, 4) is 11.8 Å². The molecule has 4 heteroatoms. The smallest absolute Gasteiger partial charge is 0.319 e. The maximum atomic E-state index is 11.8. The first-order valence-corrected chi connectivity index (χ1v) is 6.11. The minimum Gasteiger partial charge on any atom is -0.384 e. The average Bonchev–Trinajstić information content (AvgIpc) is 2.27.